The van der Waals surface area contributed by atoms with Gasteiger partial charge in [-0.2, -0.15) is 11.8 Å². The lowest BCUT2D eigenvalue weighted by atomic mass is 10.0. The summed E-state index contributed by atoms with van der Waals surface area (Å²) < 4.78 is -0.301. The first-order chi connectivity index (χ1) is 6.66. The van der Waals surface area contributed by atoms with Crippen LogP contribution < -0.4 is 5.32 Å². The highest BCUT2D eigenvalue weighted by Gasteiger charge is 2.36. The van der Waals surface area contributed by atoms with Crippen LogP contribution in [0.15, 0.2) is 0 Å². The van der Waals surface area contributed by atoms with Crippen LogP contribution in [-0.4, -0.2) is 33.2 Å². The van der Waals surface area contributed by atoms with Gasteiger partial charge in [-0.3, -0.25) is 4.79 Å². The van der Waals surface area contributed by atoms with E-state index in [0.717, 1.165) is 0 Å². The summed E-state index contributed by atoms with van der Waals surface area (Å²) in [7, 11) is 0. The van der Waals surface area contributed by atoms with Crippen molar-refractivity contribution < 1.29 is 9.90 Å². The van der Waals surface area contributed by atoms with Gasteiger partial charge in [0.25, 0.3) is 0 Å². The van der Waals surface area contributed by atoms with Crippen molar-refractivity contribution in [1.82, 2.24) is 5.32 Å². The molecule has 0 amide bonds. The van der Waals surface area contributed by atoms with Crippen molar-refractivity contribution in [3.63, 3.8) is 0 Å². The number of aliphatic carboxylic acids is 1. The standard InChI is InChI=1S/C11H23NO2S/c1-7(2)12-9(10(13)14)11(5,6)15-8(3)4/h7-9,12H,1-6H3,(H,13,14). The second-order valence-electron chi connectivity index (χ2n) is 4.86. The van der Waals surface area contributed by atoms with E-state index in [1.165, 1.54) is 0 Å². The van der Waals surface area contributed by atoms with E-state index in [1.54, 1.807) is 11.8 Å². The molecule has 0 radical (unpaired) electrons. The van der Waals surface area contributed by atoms with Gasteiger partial charge in [-0.25, -0.2) is 0 Å². The highest BCUT2D eigenvalue weighted by atomic mass is 32.2. The van der Waals surface area contributed by atoms with Gasteiger partial charge in [0.15, 0.2) is 0 Å². The molecule has 15 heavy (non-hydrogen) atoms. The van der Waals surface area contributed by atoms with E-state index < -0.39 is 12.0 Å². The van der Waals surface area contributed by atoms with Gasteiger partial charge in [-0.15, -0.1) is 0 Å². The average Bonchev–Trinajstić information content (AvgIpc) is 1.96. The molecule has 0 aliphatic carbocycles. The third kappa shape index (κ3) is 5.42. The molecule has 1 atom stereocenters. The van der Waals surface area contributed by atoms with Crippen LogP contribution in [0.25, 0.3) is 0 Å². The number of nitrogens with one attached hydrogen (secondary N) is 1. The van der Waals surface area contributed by atoms with Gasteiger partial charge in [-0.05, 0) is 19.1 Å². The topological polar surface area (TPSA) is 49.3 Å². The molecular formula is C11H23NO2S. The van der Waals surface area contributed by atoms with Crippen LogP contribution in [0.5, 0.6) is 0 Å². The number of rotatable bonds is 6. The molecule has 0 rings (SSSR count). The molecule has 0 heterocycles. The van der Waals surface area contributed by atoms with Crippen LogP contribution in [0, 0.1) is 0 Å². The lowest BCUT2D eigenvalue weighted by molar-refractivity contribution is -0.140. The summed E-state index contributed by atoms with van der Waals surface area (Å²) in [5.41, 5.74) is 0. The first-order valence-electron chi connectivity index (χ1n) is 5.33. The van der Waals surface area contributed by atoms with E-state index >= 15 is 0 Å². The second kappa shape index (κ2) is 5.75. The Bertz CT molecular complexity index is 215. The van der Waals surface area contributed by atoms with Gasteiger partial charge in [0.1, 0.15) is 6.04 Å². The third-order valence-corrected chi connectivity index (χ3v) is 3.30. The van der Waals surface area contributed by atoms with Crippen LogP contribution in [-0.2, 0) is 4.79 Å². The lowest BCUT2D eigenvalue weighted by Crippen LogP contribution is -2.53. The molecule has 0 saturated carbocycles. The lowest BCUT2D eigenvalue weighted by Gasteiger charge is -2.34. The summed E-state index contributed by atoms with van der Waals surface area (Å²) >= 11 is 1.69. The molecule has 0 fully saturated rings. The molecule has 0 aliphatic rings. The zero-order valence-corrected chi connectivity index (χ0v) is 11.3. The highest BCUT2D eigenvalue weighted by Crippen LogP contribution is 2.32. The molecular weight excluding hydrogens is 210 g/mol. The Kier molecular flexibility index (Phi) is 5.67. The van der Waals surface area contributed by atoms with Crippen molar-refractivity contribution in [2.24, 2.45) is 0 Å². The first-order valence-corrected chi connectivity index (χ1v) is 6.21. The molecule has 0 aromatic carbocycles. The van der Waals surface area contributed by atoms with E-state index in [-0.39, 0.29) is 10.8 Å². The minimum Gasteiger partial charge on any atom is -0.480 e. The van der Waals surface area contributed by atoms with E-state index in [0.29, 0.717) is 5.25 Å². The maximum atomic E-state index is 11.2. The average molecular weight is 233 g/mol. The smallest absolute Gasteiger partial charge is 0.322 e. The fourth-order valence-electron chi connectivity index (χ4n) is 1.58. The third-order valence-electron chi connectivity index (χ3n) is 1.98. The van der Waals surface area contributed by atoms with Crippen molar-refractivity contribution >= 4 is 17.7 Å². The molecule has 1 unspecified atom stereocenters. The Balaban J connectivity index is 4.65. The molecule has 0 saturated heterocycles. The number of carboxylic acid groups (broad SMARTS) is 1. The monoisotopic (exact) mass is 233 g/mol. The Morgan fingerprint density at radius 3 is 2.00 bits per heavy atom. The molecule has 0 aromatic rings. The van der Waals surface area contributed by atoms with Crippen molar-refractivity contribution in [2.75, 3.05) is 0 Å². The minimum atomic E-state index is -0.776. The Morgan fingerprint density at radius 1 is 1.27 bits per heavy atom. The highest BCUT2D eigenvalue weighted by molar-refractivity contribution is 8.01. The number of carboxylic acids is 1. The van der Waals surface area contributed by atoms with Crippen LogP contribution >= 0.6 is 11.8 Å². The van der Waals surface area contributed by atoms with Gasteiger partial charge in [0.2, 0.25) is 0 Å². The summed E-state index contributed by atoms with van der Waals surface area (Å²) in [5.74, 6) is -0.776. The molecule has 90 valence electrons. The predicted molar refractivity (Wildman–Crippen MR) is 66.5 cm³/mol. The largest absolute Gasteiger partial charge is 0.480 e. The summed E-state index contributed by atoms with van der Waals surface area (Å²) in [4.78, 5) is 11.2. The minimum absolute atomic E-state index is 0.179. The Hall–Kier alpha value is -0.220. The van der Waals surface area contributed by atoms with E-state index in [4.69, 9.17) is 0 Å². The van der Waals surface area contributed by atoms with E-state index in [2.05, 4.69) is 19.2 Å². The zero-order valence-electron chi connectivity index (χ0n) is 10.5. The summed E-state index contributed by atoms with van der Waals surface area (Å²) in [5, 5.41) is 12.7. The predicted octanol–water partition coefficient (Wildman–Crippen LogP) is 2.36. The van der Waals surface area contributed by atoms with E-state index in [9.17, 15) is 9.90 Å². The molecule has 4 heteroatoms. The van der Waals surface area contributed by atoms with Gasteiger partial charge in [0, 0.05) is 10.8 Å². The molecule has 0 aliphatic heterocycles. The Labute approximate surface area is 97.0 Å². The number of thioether (sulfide) groups is 1. The fourth-order valence-corrected chi connectivity index (χ4v) is 3.10. The molecule has 2 N–H and O–H groups in total. The molecule has 0 spiro atoms. The van der Waals surface area contributed by atoms with Gasteiger partial charge >= 0.3 is 5.97 Å². The summed E-state index contributed by atoms with van der Waals surface area (Å²) in [6.07, 6.45) is 0. The normalized spacial score (nSPS) is 14.7. The second-order valence-corrected chi connectivity index (χ2v) is 7.09. The first kappa shape index (κ1) is 14.8. The van der Waals surface area contributed by atoms with Crippen molar-refractivity contribution in [3.8, 4) is 0 Å². The number of carbonyl (C=O) groups is 1. The van der Waals surface area contributed by atoms with Crippen molar-refractivity contribution in [2.45, 2.75) is 63.6 Å². The summed E-state index contributed by atoms with van der Waals surface area (Å²) in [6.45, 7) is 12.1. The quantitative estimate of drug-likeness (QED) is 0.739. The SMILES string of the molecule is CC(C)NC(C(=O)O)C(C)(C)SC(C)C. The van der Waals surface area contributed by atoms with Crippen molar-refractivity contribution in [3.05, 3.63) is 0 Å². The molecule has 0 bridgehead atoms. The fraction of sp³-hybridized carbons (Fsp3) is 0.909. The Morgan fingerprint density at radius 2 is 1.73 bits per heavy atom. The van der Waals surface area contributed by atoms with Crippen LogP contribution in [0.2, 0.25) is 0 Å². The van der Waals surface area contributed by atoms with Crippen LogP contribution in [0.3, 0.4) is 0 Å². The van der Waals surface area contributed by atoms with Gasteiger partial charge in [-0.1, -0.05) is 27.7 Å². The maximum Gasteiger partial charge on any atom is 0.322 e. The van der Waals surface area contributed by atoms with Crippen LogP contribution in [0.4, 0.5) is 0 Å². The number of hydrogen-bond acceptors (Lipinski definition) is 3. The zero-order chi connectivity index (χ0) is 12.2. The summed E-state index contributed by atoms with van der Waals surface area (Å²) in [6, 6.07) is -0.331. The molecule has 0 aromatic heterocycles. The molecule has 3 nitrogen and oxygen atoms in total. The van der Waals surface area contributed by atoms with Crippen molar-refractivity contribution in [1.29, 1.82) is 0 Å². The van der Waals surface area contributed by atoms with Gasteiger partial charge in [0.05, 0.1) is 0 Å². The maximum absolute atomic E-state index is 11.2. The van der Waals surface area contributed by atoms with Crippen LogP contribution in [0.1, 0.15) is 41.5 Å². The van der Waals surface area contributed by atoms with E-state index in [1.807, 2.05) is 27.7 Å². The van der Waals surface area contributed by atoms with Gasteiger partial charge < -0.3 is 10.4 Å². The number of hydrogen-bond donors (Lipinski definition) is 2.